The highest BCUT2D eigenvalue weighted by Gasteiger charge is 2.00. The molecule has 18 heavy (non-hydrogen) atoms. The molecule has 0 aliphatic heterocycles. The molecule has 0 unspecified atom stereocenters. The number of halogens is 1. The fourth-order valence-corrected chi connectivity index (χ4v) is 1.67. The van der Waals surface area contributed by atoms with E-state index in [1.54, 1.807) is 29.4 Å². The molecule has 0 heterocycles. The number of aromatic hydroxyl groups is 1. The zero-order chi connectivity index (χ0) is 13.0. The van der Waals surface area contributed by atoms with Crippen LogP contribution in [0.25, 0.3) is 0 Å². The van der Waals surface area contributed by atoms with Gasteiger partial charge in [-0.15, -0.1) is 0 Å². The standard InChI is InChI=1S/C14H13ClN2O/c1-17(13-5-3-2-4-6-13)16-10-11-9-12(15)7-8-14(11)18/h2-10,18H,1H3. The second-order valence-corrected chi connectivity index (χ2v) is 4.24. The van der Waals surface area contributed by atoms with Gasteiger partial charge in [-0.05, 0) is 30.3 Å². The fraction of sp³-hybridized carbons (Fsp3) is 0.0714. The number of para-hydroxylation sites is 1. The number of hydrogen-bond donors (Lipinski definition) is 1. The SMILES string of the molecule is CN(N=Cc1cc(Cl)ccc1O)c1ccccc1. The molecule has 0 atom stereocenters. The molecule has 4 heteroatoms. The van der Waals surface area contributed by atoms with Gasteiger partial charge in [0.25, 0.3) is 0 Å². The molecule has 0 fully saturated rings. The highest BCUT2D eigenvalue weighted by Crippen LogP contribution is 2.20. The summed E-state index contributed by atoms with van der Waals surface area (Å²) in [4.78, 5) is 0. The molecule has 0 bridgehead atoms. The average Bonchev–Trinajstić information content (AvgIpc) is 2.40. The Kier molecular flexibility index (Phi) is 3.85. The van der Waals surface area contributed by atoms with Crippen molar-refractivity contribution in [2.75, 3.05) is 12.1 Å². The lowest BCUT2D eigenvalue weighted by Crippen LogP contribution is -2.08. The Hall–Kier alpha value is -2.00. The van der Waals surface area contributed by atoms with Crippen LogP contribution in [0, 0.1) is 0 Å². The fourth-order valence-electron chi connectivity index (χ4n) is 1.49. The zero-order valence-corrected chi connectivity index (χ0v) is 10.7. The van der Waals surface area contributed by atoms with Crippen molar-refractivity contribution >= 4 is 23.5 Å². The number of phenols is 1. The summed E-state index contributed by atoms with van der Waals surface area (Å²) in [6.45, 7) is 0. The molecule has 0 radical (unpaired) electrons. The monoisotopic (exact) mass is 260 g/mol. The Morgan fingerprint density at radius 3 is 2.61 bits per heavy atom. The van der Waals surface area contributed by atoms with Crippen molar-refractivity contribution in [3.63, 3.8) is 0 Å². The number of benzene rings is 2. The molecule has 0 amide bonds. The molecule has 0 aliphatic carbocycles. The summed E-state index contributed by atoms with van der Waals surface area (Å²) in [6.07, 6.45) is 1.58. The lowest BCUT2D eigenvalue weighted by atomic mass is 10.2. The molecule has 2 aromatic carbocycles. The largest absolute Gasteiger partial charge is 0.507 e. The van der Waals surface area contributed by atoms with E-state index in [4.69, 9.17) is 11.6 Å². The van der Waals surface area contributed by atoms with Crippen molar-refractivity contribution < 1.29 is 5.11 Å². The van der Waals surface area contributed by atoms with Gasteiger partial charge in [-0.2, -0.15) is 5.10 Å². The van der Waals surface area contributed by atoms with Crippen LogP contribution < -0.4 is 5.01 Å². The van der Waals surface area contributed by atoms with Gasteiger partial charge in [0.15, 0.2) is 0 Å². The summed E-state index contributed by atoms with van der Waals surface area (Å²) < 4.78 is 0. The smallest absolute Gasteiger partial charge is 0.124 e. The van der Waals surface area contributed by atoms with Crippen LogP contribution in [0.2, 0.25) is 5.02 Å². The third kappa shape index (κ3) is 3.02. The van der Waals surface area contributed by atoms with E-state index in [9.17, 15) is 5.11 Å². The van der Waals surface area contributed by atoms with E-state index >= 15 is 0 Å². The maximum absolute atomic E-state index is 9.65. The molecule has 92 valence electrons. The number of anilines is 1. The minimum Gasteiger partial charge on any atom is -0.507 e. The topological polar surface area (TPSA) is 35.8 Å². The van der Waals surface area contributed by atoms with Crippen LogP contribution in [0.15, 0.2) is 53.6 Å². The number of hydrazone groups is 1. The lowest BCUT2D eigenvalue weighted by molar-refractivity contribution is 0.474. The van der Waals surface area contributed by atoms with Crippen LogP contribution in [0.1, 0.15) is 5.56 Å². The molecule has 1 N–H and O–H groups in total. The van der Waals surface area contributed by atoms with E-state index < -0.39 is 0 Å². The summed E-state index contributed by atoms with van der Waals surface area (Å²) >= 11 is 5.86. The van der Waals surface area contributed by atoms with Gasteiger partial charge in [-0.3, -0.25) is 5.01 Å². The average molecular weight is 261 g/mol. The Labute approximate surface area is 111 Å². The van der Waals surface area contributed by atoms with Gasteiger partial charge in [0.2, 0.25) is 0 Å². The maximum atomic E-state index is 9.65. The van der Waals surface area contributed by atoms with Crippen molar-refractivity contribution in [1.29, 1.82) is 0 Å². The summed E-state index contributed by atoms with van der Waals surface area (Å²) in [6, 6.07) is 14.6. The normalized spacial score (nSPS) is 10.8. The molecule has 0 saturated heterocycles. The molecule has 0 saturated carbocycles. The molecule has 0 spiro atoms. The number of rotatable bonds is 3. The van der Waals surface area contributed by atoms with Crippen LogP contribution in [-0.4, -0.2) is 18.4 Å². The van der Waals surface area contributed by atoms with E-state index in [1.165, 1.54) is 0 Å². The van der Waals surface area contributed by atoms with Crippen LogP contribution in [0.5, 0.6) is 5.75 Å². The van der Waals surface area contributed by atoms with Gasteiger partial charge in [-0.25, -0.2) is 0 Å². The highest BCUT2D eigenvalue weighted by atomic mass is 35.5. The summed E-state index contributed by atoms with van der Waals surface area (Å²) in [5, 5.41) is 16.2. The highest BCUT2D eigenvalue weighted by molar-refractivity contribution is 6.30. The molecule has 0 aliphatic rings. The van der Waals surface area contributed by atoms with E-state index in [2.05, 4.69) is 5.10 Å². The molecule has 2 aromatic rings. The van der Waals surface area contributed by atoms with Crippen LogP contribution in [0.4, 0.5) is 5.69 Å². The Bertz CT molecular complexity index is 555. The molecular weight excluding hydrogens is 248 g/mol. The first-order chi connectivity index (χ1) is 8.66. The van der Waals surface area contributed by atoms with Gasteiger partial charge in [0.1, 0.15) is 5.75 Å². The summed E-state index contributed by atoms with van der Waals surface area (Å²) in [7, 11) is 1.84. The minimum atomic E-state index is 0.157. The maximum Gasteiger partial charge on any atom is 0.124 e. The van der Waals surface area contributed by atoms with Gasteiger partial charge < -0.3 is 5.11 Å². The van der Waals surface area contributed by atoms with E-state index in [-0.39, 0.29) is 5.75 Å². The van der Waals surface area contributed by atoms with Gasteiger partial charge in [-0.1, -0.05) is 29.8 Å². The quantitative estimate of drug-likeness (QED) is 0.677. The van der Waals surface area contributed by atoms with Crippen molar-refractivity contribution in [3.05, 3.63) is 59.1 Å². The van der Waals surface area contributed by atoms with Crippen molar-refractivity contribution in [2.45, 2.75) is 0 Å². The van der Waals surface area contributed by atoms with E-state index in [0.717, 1.165) is 5.69 Å². The first-order valence-electron chi connectivity index (χ1n) is 5.48. The predicted molar refractivity (Wildman–Crippen MR) is 75.6 cm³/mol. The second-order valence-electron chi connectivity index (χ2n) is 3.81. The van der Waals surface area contributed by atoms with E-state index in [1.807, 2.05) is 37.4 Å². The zero-order valence-electron chi connectivity index (χ0n) is 9.92. The van der Waals surface area contributed by atoms with Crippen LogP contribution in [-0.2, 0) is 0 Å². The van der Waals surface area contributed by atoms with Crippen LogP contribution in [0.3, 0.4) is 0 Å². The van der Waals surface area contributed by atoms with Crippen molar-refractivity contribution in [2.24, 2.45) is 5.10 Å². The summed E-state index contributed by atoms with van der Waals surface area (Å²) in [5.74, 6) is 0.157. The summed E-state index contributed by atoms with van der Waals surface area (Å²) in [5.41, 5.74) is 1.56. The molecule has 2 rings (SSSR count). The number of phenolic OH excluding ortho intramolecular Hbond substituents is 1. The third-order valence-electron chi connectivity index (χ3n) is 2.49. The van der Waals surface area contributed by atoms with Crippen LogP contribution >= 0.6 is 11.6 Å². The lowest BCUT2D eigenvalue weighted by Gasteiger charge is -2.12. The molecular formula is C14H13ClN2O. The second kappa shape index (κ2) is 5.56. The Morgan fingerprint density at radius 1 is 1.17 bits per heavy atom. The molecule has 0 aromatic heterocycles. The first kappa shape index (κ1) is 12.5. The number of hydrogen-bond acceptors (Lipinski definition) is 3. The molecule has 3 nitrogen and oxygen atoms in total. The Morgan fingerprint density at radius 2 is 1.89 bits per heavy atom. The predicted octanol–water partition coefficient (Wildman–Crippen LogP) is 3.52. The van der Waals surface area contributed by atoms with E-state index in [0.29, 0.717) is 10.6 Å². The van der Waals surface area contributed by atoms with Gasteiger partial charge in [0.05, 0.1) is 11.9 Å². The minimum absolute atomic E-state index is 0.157. The Balaban J connectivity index is 2.18. The van der Waals surface area contributed by atoms with Crippen molar-refractivity contribution in [3.8, 4) is 5.75 Å². The van der Waals surface area contributed by atoms with Gasteiger partial charge in [0, 0.05) is 17.6 Å². The first-order valence-corrected chi connectivity index (χ1v) is 5.86. The number of nitrogens with zero attached hydrogens (tertiary/aromatic N) is 2. The third-order valence-corrected chi connectivity index (χ3v) is 2.72. The van der Waals surface area contributed by atoms with Gasteiger partial charge >= 0.3 is 0 Å². The van der Waals surface area contributed by atoms with Crippen molar-refractivity contribution in [1.82, 2.24) is 0 Å².